The summed E-state index contributed by atoms with van der Waals surface area (Å²) in [6.07, 6.45) is 0. The number of carbonyl (C=O) groups is 1. The number of hydrogen-bond acceptors (Lipinski definition) is 4. The summed E-state index contributed by atoms with van der Waals surface area (Å²) in [5.41, 5.74) is 1.44. The number of aliphatic carboxylic acids is 1. The van der Waals surface area contributed by atoms with Gasteiger partial charge in [-0.3, -0.25) is 4.79 Å². The Hall–Kier alpha value is -1.20. The minimum absolute atomic E-state index is 0.226. The van der Waals surface area contributed by atoms with Crippen molar-refractivity contribution in [3.63, 3.8) is 0 Å². The number of thioether (sulfide) groups is 1. The molecule has 4 nitrogen and oxygen atoms in total. The summed E-state index contributed by atoms with van der Waals surface area (Å²) in [4.78, 5) is 14.7. The standard InChI is InChI=1S/C10H8ClNO3S/c11-6(9(13)14)5-16-10-12-7-3-1-2-4-8(7)15-10/h1-4,6H,5H2,(H,13,14). The molecule has 2 aromatic rings. The average molecular weight is 258 g/mol. The van der Waals surface area contributed by atoms with Crippen LogP contribution in [0.5, 0.6) is 0 Å². The fourth-order valence-corrected chi connectivity index (χ4v) is 2.06. The van der Waals surface area contributed by atoms with Crippen molar-refractivity contribution in [1.82, 2.24) is 4.98 Å². The molecule has 1 heterocycles. The zero-order chi connectivity index (χ0) is 11.5. The lowest BCUT2D eigenvalue weighted by atomic mass is 10.3. The number of benzene rings is 1. The maximum atomic E-state index is 10.5. The van der Waals surface area contributed by atoms with Crippen molar-refractivity contribution in [3.05, 3.63) is 24.3 Å². The molecule has 16 heavy (non-hydrogen) atoms. The molecule has 0 saturated heterocycles. The highest BCUT2D eigenvalue weighted by Gasteiger charge is 2.15. The molecule has 0 spiro atoms. The average Bonchev–Trinajstić information content (AvgIpc) is 2.68. The molecule has 0 aliphatic carbocycles. The zero-order valence-corrected chi connectivity index (χ0v) is 9.66. The Morgan fingerprint density at radius 3 is 3.00 bits per heavy atom. The molecular weight excluding hydrogens is 250 g/mol. The predicted octanol–water partition coefficient (Wildman–Crippen LogP) is 2.61. The molecule has 0 bridgehead atoms. The van der Waals surface area contributed by atoms with Crippen LogP contribution in [0.25, 0.3) is 11.1 Å². The number of hydrogen-bond donors (Lipinski definition) is 1. The van der Waals surface area contributed by atoms with Crippen LogP contribution in [-0.4, -0.2) is 27.2 Å². The Labute approximate surface area is 101 Å². The van der Waals surface area contributed by atoms with Crippen molar-refractivity contribution in [2.45, 2.75) is 10.6 Å². The molecule has 1 aromatic carbocycles. The molecule has 1 atom stereocenters. The van der Waals surface area contributed by atoms with E-state index in [-0.39, 0.29) is 5.75 Å². The summed E-state index contributed by atoms with van der Waals surface area (Å²) in [5, 5.41) is 8.11. The molecule has 2 rings (SSSR count). The first-order valence-electron chi connectivity index (χ1n) is 4.52. The van der Waals surface area contributed by atoms with E-state index in [1.807, 2.05) is 24.3 Å². The molecule has 0 fully saturated rings. The number of carboxylic acids is 1. The minimum Gasteiger partial charge on any atom is -0.480 e. The lowest BCUT2D eigenvalue weighted by Gasteiger charge is -1.99. The van der Waals surface area contributed by atoms with Gasteiger partial charge < -0.3 is 9.52 Å². The van der Waals surface area contributed by atoms with Gasteiger partial charge in [0.2, 0.25) is 0 Å². The van der Waals surface area contributed by atoms with Gasteiger partial charge in [0.15, 0.2) is 5.58 Å². The van der Waals surface area contributed by atoms with Gasteiger partial charge in [-0.2, -0.15) is 0 Å². The van der Waals surface area contributed by atoms with Crippen LogP contribution < -0.4 is 0 Å². The Bertz CT molecular complexity index is 480. The third kappa shape index (κ3) is 2.48. The number of para-hydroxylation sites is 2. The molecule has 0 radical (unpaired) electrons. The van der Waals surface area contributed by atoms with Crippen molar-refractivity contribution in [1.29, 1.82) is 0 Å². The smallest absolute Gasteiger partial charge is 0.322 e. The van der Waals surface area contributed by atoms with E-state index in [0.717, 1.165) is 5.52 Å². The monoisotopic (exact) mass is 257 g/mol. The second-order valence-electron chi connectivity index (χ2n) is 3.06. The van der Waals surface area contributed by atoms with Crippen LogP contribution in [0, 0.1) is 0 Å². The number of oxazole rings is 1. The second kappa shape index (κ2) is 4.76. The zero-order valence-electron chi connectivity index (χ0n) is 8.09. The molecule has 84 valence electrons. The van der Waals surface area contributed by atoms with Crippen molar-refractivity contribution in [2.24, 2.45) is 0 Å². The van der Waals surface area contributed by atoms with E-state index < -0.39 is 11.3 Å². The minimum atomic E-state index is -1.04. The quantitative estimate of drug-likeness (QED) is 0.674. The van der Waals surface area contributed by atoms with Crippen LogP contribution in [0.1, 0.15) is 0 Å². The van der Waals surface area contributed by atoms with E-state index in [2.05, 4.69) is 4.98 Å². The topological polar surface area (TPSA) is 63.3 Å². The van der Waals surface area contributed by atoms with Crippen LogP contribution in [0.3, 0.4) is 0 Å². The first kappa shape index (κ1) is 11.3. The van der Waals surface area contributed by atoms with Gasteiger partial charge in [0.05, 0.1) is 0 Å². The van der Waals surface area contributed by atoms with Crippen LogP contribution in [0.2, 0.25) is 0 Å². The van der Waals surface area contributed by atoms with Gasteiger partial charge in [-0.25, -0.2) is 4.98 Å². The maximum Gasteiger partial charge on any atom is 0.322 e. The number of carboxylic acid groups (broad SMARTS) is 1. The summed E-state index contributed by atoms with van der Waals surface area (Å²) < 4.78 is 5.40. The van der Waals surface area contributed by atoms with E-state index >= 15 is 0 Å². The third-order valence-corrected chi connectivity index (χ3v) is 3.34. The molecule has 0 aliphatic heterocycles. The van der Waals surface area contributed by atoms with Gasteiger partial charge in [0, 0.05) is 5.75 Å². The highest BCUT2D eigenvalue weighted by Crippen LogP contribution is 2.24. The van der Waals surface area contributed by atoms with Crippen molar-refractivity contribution in [3.8, 4) is 0 Å². The summed E-state index contributed by atoms with van der Waals surface area (Å²) in [5.74, 6) is -0.811. The second-order valence-corrected chi connectivity index (χ2v) is 4.56. The summed E-state index contributed by atoms with van der Waals surface area (Å²) in [7, 11) is 0. The number of rotatable bonds is 4. The fourth-order valence-electron chi connectivity index (χ4n) is 1.13. The molecule has 0 saturated carbocycles. The summed E-state index contributed by atoms with van der Waals surface area (Å²) >= 11 is 6.77. The van der Waals surface area contributed by atoms with Crippen LogP contribution >= 0.6 is 23.4 Å². The third-order valence-electron chi connectivity index (χ3n) is 1.90. The largest absolute Gasteiger partial charge is 0.480 e. The molecule has 6 heteroatoms. The molecular formula is C10H8ClNO3S. The first-order valence-corrected chi connectivity index (χ1v) is 5.94. The molecule has 0 amide bonds. The number of fused-ring (bicyclic) bond motifs is 1. The maximum absolute atomic E-state index is 10.5. The Morgan fingerprint density at radius 2 is 2.31 bits per heavy atom. The number of alkyl halides is 1. The SMILES string of the molecule is O=C(O)C(Cl)CSc1nc2ccccc2o1. The summed E-state index contributed by atoms with van der Waals surface area (Å²) in [6, 6.07) is 7.35. The van der Waals surface area contributed by atoms with Crippen LogP contribution in [-0.2, 0) is 4.79 Å². The normalized spacial score (nSPS) is 12.8. The van der Waals surface area contributed by atoms with Crippen LogP contribution in [0.4, 0.5) is 0 Å². The van der Waals surface area contributed by atoms with Crippen molar-refractivity contribution in [2.75, 3.05) is 5.75 Å². The highest BCUT2D eigenvalue weighted by molar-refractivity contribution is 7.99. The molecule has 0 aliphatic rings. The van der Waals surface area contributed by atoms with Crippen LogP contribution in [0.15, 0.2) is 33.9 Å². The number of halogens is 1. The number of nitrogens with zero attached hydrogens (tertiary/aromatic N) is 1. The highest BCUT2D eigenvalue weighted by atomic mass is 35.5. The van der Waals surface area contributed by atoms with Gasteiger partial charge in [-0.05, 0) is 12.1 Å². The fraction of sp³-hybridized carbons (Fsp3) is 0.200. The lowest BCUT2D eigenvalue weighted by Crippen LogP contribution is -2.15. The van der Waals surface area contributed by atoms with E-state index in [1.165, 1.54) is 11.8 Å². The molecule has 1 N–H and O–H groups in total. The van der Waals surface area contributed by atoms with Crippen molar-refractivity contribution < 1.29 is 14.3 Å². The Kier molecular flexibility index (Phi) is 3.36. The van der Waals surface area contributed by atoms with Crippen molar-refractivity contribution >= 4 is 40.4 Å². The predicted molar refractivity (Wildman–Crippen MR) is 62.0 cm³/mol. The van der Waals surface area contributed by atoms with Gasteiger partial charge in [0.25, 0.3) is 5.22 Å². The first-order chi connectivity index (χ1) is 7.66. The van der Waals surface area contributed by atoms with Gasteiger partial charge in [-0.15, -0.1) is 11.6 Å². The van der Waals surface area contributed by atoms with E-state index in [1.54, 1.807) is 0 Å². The lowest BCUT2D eigenvalue weighted by molar-refractivity contribution is -0.136. The summed E-state index contributed by atoms with van der Waals surface area (Å²) in [6.45, 7) is 0. The van der Waals surface area contributed by atoms with Gasteiger partial charge in [0.1, 0.15) is 10.9 Å². The van der Waals surface area contributed by atoms with Gasteiger partial charge >= 0.3 is 5.97 Å². The molecule has 1 unspecified atom stereocenters. The van der Waals surface area contributed by atoms with E-state index in [4.69, 9.17) is 21.1 Å². The Morgan fingerprint density at radius 1 is 1.56 bits per heavy atom. The van der Waals surface area contributed by atoms with E-state index in [0.29, 0.717) is 10.8 Å². The number of aromatic nitrogens is 1. The molecule has 1 aromatic heterocycles. The van der Waals surface area contributed by atoms with E-state index in [9.17, 15) is 4.79 Å². The van der Waals surface area contributed by atoms with Gasteiger partial charge in [-0.1, -0.05) is 23.9 Å². The Balaban J connectivity index is 2.07.